The monoisotopic (exact) mass is 497 g/mol. The highest BCUT2D eigenvalue weighted by molar-refractivity contribution is 6.42. The maximum atomic E-state index is 13.1. The minimum atomic E-state index is -1.42. The molecule has 0 aromatic heterocycles. The summed E-state index contributed by atoms with van der Waals surface area (Å²) < 4.78 is 5.85. The van der Waals surface area contributed by atoms with Gasteiger partial charge in [0.05, 0.1) is 16.0 Å². The van der Waals surface area contributed by atoms with Gasteiger partial charge >= 0.3 is 0 Å². The molecule has 2 aliphatic heterocycles. The van der Waals surface area contributed by atoms with E-state index in [2.05, 4.69) is 10.6 Å². The number of para-hydroxylation sites is 1. The first-order chi connectivity index (χ1) is 16.3. The van der Waals surface area contributed by atoms with Crippen LogP contribution in [-0.2, 0) is 16.9 Å². The molecule has 2 heterocycles. The molecule has 0 radical (unpaired) electrons. The molecule has 0 unspecified atom stereocenters. The fraction of sp³-hybridized carbons (Fsp3) is 0.240. The van der Waals surface area contributed by atoms with Gasteiger partial charge in [-0.05, 0) is 48.4 Å². The van der Waals surface area contributed by atoms with Crippen LogP contribution in [0, 0.1) is 10.1 Å². The second kappa shape index (κ2) is 8.58. The number of nitro groups is 1. The van der Waals surface area contributed by atoms with E-state index in [1.165, 1.54) is 0 Å². The Bertz CT molecular complexity index is 1280. The lowest BCUT2D eigenvalue weighted by Gasteiger charge is -2.25. The minimum Gasteiger partial charge on any atom is -0.489 e. The molecule has 34 heavy (non-hydrogen) atoms. The highest BCUT2D eigenvalue weighted by Crippen LogP contribution is 2.49. The van der Waals surface area contributed by atoms with Gasteiger partial charge in [-0.2, -0.15) is 0 Å². The van der Waals surface area contributed by atoms with Crippen molar-refractivity contribution in [2.75, 3.05) is 5.32 Å². The predicted molar refractivity (Wildman–Crippen MR) is 130 cm³/mol. The Morgan fingerprint density at radius 1 is 1.06 bits per heavy atom. The van der Waals surface area contributed by atoms with Crippen LogP contribution < -0.4 is 15.4 Å². The second-order valence-electron chi connectivity index (χ2n) is 8.60. The van der Waals surface area contributed by atoms with Gasteiger partial charge in [0, 0.05) is 22.2 Å². The molecule has 1 fully saturated rings. The van der Waals surface area contributed by atoms with E-state index in [9.17, 15) is 14.9 Å². The molecule has 1 saturated heterocycles. The van der Waals surface area contributed by atoms with Crippen molar-refractivity contribution >= 4 is 34.8 Å². The number of carbonyl (C=O) groups excluding carboxylic acids is 1. The summed E-state index contributed by atoms with van der Waals surface area (Å²) in [6, 6.07) is 18.1. The Kier molecular flexibility index (Phi) is 5.72. The Hall–Kier alpha value is -3.13. The third kappa shape index (κ3) is 3.60. The smallest absolute Gasteiger partial charge is 0.256 e. The van der Waals surface area contributed by atoms with Gasteiger partial charge in [0.1, 0.15) is 12.4 Å². The summed E-state index contributed by atoms with van der Waals surface area (Å²) in [4.78, 5) is 25.1. The van der Waals surface area contributed by atoms with Crippen LogP contribution in [-0.4, -0.2) is 22.9 Å². The van der Waals surface area contributed by atoms with Gasteiger partial charge in [-0.3, -0.25) is 20.2 Å². The van der Waals surface area contributed by atoms with Crippen molar-refractivity contribution in [3.05, 3.63) is 104 Å². The minimum absolute atomic E-state index is 0.301. The van der Waals surface area contributed by atoms with Crippen molar-refractivity contribution in [2.45, 2.75) is 37.1 Å². The number of benzene rings is 3. The van der Waals surface area contributed by atoms with Crippen LogP contribution in [0.1, 0.15) is 29.5 Å². The zero-order valence-corrected chi connectivity index (χ0v) is 19.6. The molecular weight excluding hydrogens is 477 g/mol. The average molecular weight is 498 g/mol. The number of amides is 1. The summed E-state index contributed by atoms with van der Waals surface area (Å²) >= 11 is 12.0. The summed E-state index contributed by atoms with van der Waals surface area (Å²) in [5.74, 6) is -0.299. The fourth-order valence-corrected chi connectivity index (χ4v) is 5.46. The lowest BCUT2D eigenvalue weighted by atomic mass is 9.78. The molecule has 3 aromatic carbocycles. The number of carbonyl (C=O) groups is 1. The van der Waals surface area contributed by atoms with Crippen molar-refractivity contribution in [1.29, 1.82) is 0 Å². The first kappa shape index (κ1) is 22.7. The van der Waals surface area contributed by atoms with Crippen LogP contribution in [0.3, 0.4) is 0 Å². The Labute approximate surface area is 206 Å². The van der Waals surface area contributed by atoms with Crippen LogP contribution in [0.25, 0.3) is 0 Å². The second-order valence-corrected chi connectivity index (χ2v) is 9.42. The van der Waals surface area contributed by atoms with Crippen LogP contribution in [0.4, 0.5) is 5.69 Å². The van der Waals surface area contributed by atoms with E-state index in [1.54, 1.807) is 48.5 Å². The molecule has 5 rings (SSSR count). The van der Waals surface area contributed by atoms with Gasteiger partial charge < -0.3 is 10.1 Å². The van der Waals surface area contributed by atoms with Crippen molar-refractivity contribution in [3.8, 4) is 5.75 Å². The molecule has 2 N–H and O–H groups in total. The standard InChI is InChI=1S/C25H21Cl2N3O4/c1-14-22(16-7-9-17(10-8-16)34-13-15-6-11-19(26)20(27)12-15)23(30(32)33)25(29-14)18-4-2-3-5-21(18)28-24(25)31/h2-12,14,22-23,29H,13H2,1H3,(H,28,31)/t14-,22-,23-,25-/m0/s1. The number of nitrogens with zero attached hydrogens (tertiary/aromatic N) is 1. The van der Waals surface area contributed by atoms with Gasteiger partial charge in [-0.15, -0.1) is 0 Å². The molecule has 1 amide bonds. The maximum Gasteiger partial charge on any atom is 0.256 e. The van der Waals surface area contributed by atoms with Crippen LogP contribution in [0.5, 0.6) is 5.75 Å². The van der Waals surface area contributed by atoms with Crippen molar-refractivity contribution < 1.29 is 14.5 Å². The van der Waals surface area contributed by atoms with Gasteiger partial charge in [-0.25, -0.2) is 0 Å². The molecule has 0 saturated carbocycles. The quantitative estimate of drug-likeness (QED) is 0.375. The van der Waals surface area contributed by atoms with Crippen LogP contribution in [0.2, 0.25) is 10.0 Å². The van der Waals surface area contributed by atoms with Crippen LogP contribution >= 0.6 is 23.2 Å². The van der Waals surface area contributed by atoms with Crippen molar-refractivity contribution in [1.82, 2.24) is 5.32 Å². The van der Waals surface area contributed by atoms with Crippen LogP contribution in [0.15, 0.2) is 66.7 Å². The van der Waals surface area contributed by atoms with Crippen molar-refractivity contribution in [2.24, 2.45) is 0 Å². The van der Waals surface area contributed by atoms with E-state index in [-0.39, 0.29) is 11.0 Å². The Balaban J connectivity index is 1.41. The summed E-state index contributed by atoms with van der Waals surface area (Å²) in [6.07, 6.45) is 0. The Morgan fingerprint density at radius 2 is 1.79 bits per heavy atom. The number of fused-ring (bicyclic) bond motifs is 2. The number of ether oxygens (including phenoxy) is 1. The van der Waals surface area contributed by atoms with Gasteiger partial charge in [-0.1, -0.05) is 59.6 Å². The molecule has 0 bridgehead atoms. The molecule has 9 heteroatoms. The number of hydrogen-bond acceptors (Lipinski definition) is 5. The molecule has 2 aliphatic rings. The lowest BCUT2D eigenvalue weighted by molar-refractivity contribution is -0.532. The third-order valence-corrected chi connectivity index (χ3v) is 7.36. The summed E-state index contributed by atoms with van der Waals surface area (Å²) in [6.45, 7) is 2.17. The zero-order valence-electron chi connectivity index (χ0n) is 18.1. The number of rotatable bonds is 5. The SMILES string of the molecule is C[C@@H]1N[C@]2(C(=O)Nc3ccccc32)[C@@H]([N+](=O)[O-])[C@@H]1c1ccc(OCc2ccc(Cl)c(Cl)c2)cc1. The van der Waals surface area contributed by atoms with E-state index >= 15 is 0 Å². The summed E-state index contributed by atoms with van der Waals surface area (Å²) in [5.41, 5.74) is 1.42. The highest BCUT2D eigenvalue weighted by atomic mass is 35.5. The van der Waals surface area contributed by atoms with E-state index in [0.29, 0.717) is 33.7 Å². The lowest BCUT2D eigenvalue weighted by Crippen LogP contribution is -2.54. The van der Waals surface area contributed by atoms with E-state index in [1.807, 2.05) is 25.1 Å². The first-order valence-electron chi connectivity index (χ1n) is 10.8. The summed E-state index contributed by atoms with van der Waals surface area (Å²) in [7, 11) is 0. The zero-order chi connectivity index (χ0) is 24.0. The molecule has 3 aromatic rings. The van der Waals surface area contributed by atoms with E-state index < -0.39 is 23.4 Å². The molecule has 7 nitrogen and oxygen atoms in total. The number of anilines is 1. The highest BCUT2D eigenvalue weighted by Gasteiger charge is 2.67. The third-order valence-electron chi connectivity index (χ3n) is 6.62. The van der Waals surface area contributed by atoms with Gasteiger partial charge in [0.15, 0.2) is 5.54 Å². The maximum absolute atomic E-state index is 13.1. The normalized spacial score (nSPS) is 25.3. The molecule has 1 spiro atoms. The number of halogens is 2. The molecule has 174 valence electrons. The average Bonchev–Trinajstić information content (AvgIpc) is 3.29. The fourth-order valence-electron chi connectivity index (χ4n) is 5.14. The van der Waals surface area contributed by atoms with Gasteiger partial charge in [0.2, 0.25) is 0 Å². The number of hydrogen-bond donors (Lipinski definition) is 2. The number of nitrogens with one attached hydrogen (secondary N) is 2. The van der Waals surface area contributed by atoms with E-state index in [4.69, 9.17) is 27.9 Å². The molecular formula is C25H21Cl2N3O4. The first-order valence-corrected chi connectivity index (χ1v) is 11.6. The largest absolute Gasteiger partial charge is 0.489 e. The molecule has 4 atom stereocenters. The predicted octanol–water partition coefficient (Wildman–Crippen LogP) is 5.14. The van der Waals surface area contributed by atoms with E-state index in [0.717, 1.165) is 11.1 Å². The van der Waals surface area contributed by atoms with Gasteiger partial charge in [0.25, 0.3) is 11.9 Å². The Morgan fingerprint density at radius 3 is 2.50 bits per heavy atom. The molecule has 0 aliphatic carbocycles. The topological polar surface area (TPSA) is 93.5 Å². The van der Waals surface area contributed by atoms with Crippen molar-refractivity contribution in [3.63, 3.8) is 0 Å². The summed E-state index contributed by atoms with van der Waals surface area (Å²) in [5, 5.41) is 19.4.